The van der Waals surface area contributed by atoms with Crippen molar-refractivity contribution in [3.63, 3.8) is 0 Å². The van der Waals surface area contributed by atoms with Crippen molar-refractivity contribution in [2.24, 2.45) is 0 Å². The molecule has 2 rings (SSSR count). The Bertz CT molecular complexity index is 486. The molecule has 0 spiro atoms. The molecule has 0 radical (unpaired) electrons. The van der Waals surface area contributed by atoms with Crippen LogP contribution in [0.5, 0.6) is 5.88 Å². The SMILES string of the molecule is CNc1cc(OCCc2scnc2C)ncn1. The van der Waals surface area contributed by atoms with Gasteiger partial charge < -0.3 is 10.1 Å². The van der Waals surface area contributed by atoms with Crippen molar-refractivity contribution in [2.75, 3.05) is 19.0 Å². The minimum Gasteiger partial charge on any atom is -0.477 e. The Kier molecular flexibility index (Phi) is 3.87. The van der Waals surface area contributed by atoms with Crippen molar-refractivity contribution in [3.8, 4) is 5.88 Å². The van der Waals surface area contributed by atoms with Gasteiger partial charge in [0.25, 0.3) is 0 Å². The van der Waals surface area contributed by atoms with Crippen molar-refractivity contribution >= 4 is 17.2 Å². The zero-order valence-electron chi connectivity index (χ0n) is 9.80. The van der Waals surface area contributed by atoms with Gasteiger partial charge in [0.05, 0.1) is 17.8 Å². The Hall–Kier alpha value is -1.69. The number of aryl methyl sites for hydroxylation is 1. The summed E-state index contributed by atoms with van der Waals surface area (Å²) in [6, 6.07) is 1.78. The number of anilines is 1. The largest absolute Gasteiger partial charge is 0.477 e. The minimum atomic E-state index is 0.589. The van der Waals surface area contributed by atoms with Crippen molar-refractivity contribution in [1.29, 1.82) is 0 Å². The molecule has 90 valence electrons. The Morgan fingerprint density at radius 1 is 1.35 bits per heavy atom. The molecule has 0 aliphatic rings. The molecule has 0 atom stereocenters. The molecule has 1 N–H and O–H groups in total. The molecule has 0 fully saturated rings. The maximum atomic E-state index is 5.56. The first-order chi connectivity index (χ1) is 8.29. The van der Waals surface area contributed by atoms with E-state index in [1.54, 1.807) is 17.4 Å². The average molecular weight is 250 g/mol. The van der Waals surface area contributed by atoms with Gasteiger partial charge in [-0.1, -0.05) is 0 Å². The molecule has 0 saturated carbocycles. The predicted octanol–water partition coefficient (Wildman–Crippen LogP) is 1.90. The summed E-state index contributed by atoms with van der Waals surface area (Å²) in [6.07, 6.45) is 2.34. The van der Waals surface area contributed by atoms with Crippen LogP contribution in [0, 0.1) is 6.92 Å². The molecular formula is C11H14N4OS. The van der Waals surface area contributed by atoms with Crippen molar-refractivity contribution in [2.45, 2.75) is 13.3 Å². The molecule has 0 aromatic carbocycles. The van der Waals surface area contributed by atoms with Crippen LogP contribution in [0.3, 0.4) is 0 Å². The summed E-state index contributed by atoms with van der Waals surface area (Å²) < 4.78 is 5.56. The van der Waals surface area contributed by atoms with Gasteiger partial charge in [-0.05, 0) is 6.92 Å². The Balaban J connectivity index is 1.87. The topological polar surface area (TPSA) is 59.9 Å². The maximum Gasteiger partial charge on any atom is 0.218 e. The molecule has 0 aliphatic carbocycles. The quantitative estimate of drug-likeness (QED) is 0.878. The fourth-order valence-electron chi connectivity index (χ4n) is 1.37. The van der Waals surface area contributed by atoms with E-state index in [4.69, 9.17) is 4.74 Å². The Morgan fingerprint density at radius 3 is 2.94 bits per heavy atom. The third-order valence-corrected chi connectivity index (χ3v) is 3.32. The highest BCUT2D eigenvalue weighted by Gasteiger charge is 2.02. The monoisotopic (exact) mass is 250 g/mol. The maximum absolute atomic E-state index is 5.56. The van der Waals surface area contributed by atoms with Crippen LogP contribution < -0.4 is 10.1 Å². The van der Waals surface area contributed by atoms with E-state index in [1.165, 1.54) is 11.2 Å². The number of aromatic nitrogens is 3. The van der Waals surface area contributed by atoms with Gasteiger partial charge in [-0.3, -0.25) is 0 Å². The molecule has 6 heteroatoms. The zero-order chi connectivity index (χ0) is 12.1. The van der Waals surface area contributed by atoms with Gasteiger partial charge in [-0.25, -0.2) is 15.0 Å². The molecule has 0 aliphatic heterocycles. The van der Waals surface area contributed by atoms with Crippen LogP contribution in [-0.2, 0) is 6.42 Å². The van der Waals surface area contributed by atoms with Crippen LogP contribution in [0.25, 0.3) is 0 Å². The number of ether oxygens (including phenoxy) is 1. The molecule has 0 saturated heterocycles. The zero-order valence-corrected chi connectivity index (χ0v) is 10.6. The van der Waals surface area contributed by atoms with Gasteiger partial charge in [-0.2, -0.15) is 0 Å². The highest BCUT2D eigenvalue weighted by molar-refractivity contribution is 7.09. The van der Waals surface area contributed by atoms with E-state index in [2.05, 4.69) is 20.3 Å². The van der Waals surface area contributed by atoms with E-state index in [0.717, 1.165) is 17.9 Å². The summed E-state index contributed by atoms with van der Waals surface area (Å²) in [7, 11) is 1.81. The van der Waals surface area contributed by atoms with E-state index in [1.807, 2.05) is 19.5 Å². The molecular weight excluding hydrogens is 236 g/mol. The van der Waals surface area contributed by atoms with E-state index < -0.39 is 0 Å². The lowest BCUT2D eigenvalue weighted by atomic mass is 10.3. The molecule has 17 heavy (non-hydrogen) atoms. The fraction of sp³-hybridized carbons (Fsp3) is 0.364. The second-order valence-corrected chi connectivity index (χ2v) is 4.39. The first-order valence-corrected chi connectivity index (χ1v) is 6.19. The number of hydrogen-bond acceptors (Lipinski definition) is 6. The molecule has 2 heterocycles. The number of rotatable bonds is 5. The lowest BCUT2D eigenvalue weighted by Gasteiger charge is -2.05. The number of hydrogen-bond donors (Lipinski definition) is 1. The van der Waals surface area contributed by atoms with Gasteiger partial charge in [0.2, 0.25) is 5.88 Å². The van der Waals surface area contributed by atoms with Gasteiger partial charge >= 0.3 is 0 Å². The number of nitrogens with zero attached hydrogens (tertiary/aromatic N) is 3. The van der Waals surface area contributed by atoms with Crippen LogP contribution >= 0.6 is 11.3 Å². The van der Waals surface area contributed by atoms with Gasteiger partial charge in [0.15, 0.2) is 0 Å². The summed E-state index contributed by atoms with van der Waals surface area (Å²) in [4.78, 5) is 13.5. The molecule has 0 amide bonds. The van der Waals surface area contributed by atoms with Crippen LogP contribution in [0.1, 0.15) is 10.6 Å². The lowest BCUT2D eigenvalue weighted by molar-refractivity contribution is 0.310. The summed E-state index contributed by atoms with van der Waals surface area (Å²) in [5.41, 5.74) is 2.94. The van der Waals surface area contributed by atoms with Crippen LogP contribution in [-0.4, -0.2) is 28.6 Å². The number of nitrogens with one attached hydrogen (secondary N) is 1. The first-order valence-electron chi connectivity index (χ1n) is 5.31. The van der Waals surface area contributed by atoms with E-state index in [9.17, 15) is 0 Å². The first kappa shape index (κ1) is 11.8. The molecule has 0 bridgehead atoms. The van der Waals surface area contributed by atoms with Crippen molar-refractivity contribution < 1.29 is 4.74 Å². The Morgan fingerprint density at radius 2 is 2.24 bits per heavy atom. The smallest absolute Gasteiger partial charge is 0.218 e. The summed E-state index contributed by atoms with van der Waals surface area (Å²) in [5.74, 6) is 1.34. The molecule has 5 nitrogen and oxygen atoms in total. The van der Waals surface area contributed by atoms with E-state index in [-0.39, 0.29) is 0 Å². The summed E-state index contributed by atoms with van der Waals surface area (Å²) >= 11 is 1.66. The molecule has 2 aromatic heterocycles. The second-order valence-electron chi connectivity index (χ2n) is 3.45. The van der Waals surface area contributed by atoms with Crippen molar-refractivity contribution in [1.82, 2.24) is 15.0 Å². The second kappa shape index (κ2) is 5.58. The normalized spacial score (nSPS) is 10.2. The molecule has 0 unspecified atom stereocenters. The van der Waals surface area contributed by atoms with Crippen molar-refractivity contribution in [3.05, 3.63) is 28.5 Å². The van der Waals surface area contributed by atoms with Gasteiger partial charge in [0, 0.05) is 24.4 Å². The van der Waals surface area contributed by atoms with Gasteiger partial charge in [-0.15, -0.1) is 11.3 Å². The summed E-state index contributed by atoms with van der Waals surface area (Å²) in [5, 5.41) is 2.94. The summed E-state index contributed by atoms with van der Waals surface area (Å²) in [6.45, 7) is 2.61. The van der Waals surface area contributed by atoms with Crippen LogP contribution in [0.15, 0.2) is 17.9 Å². The third-order valence-electron chi connectivity index (χ3n) is 2.32. The van der Waals surface area contributed by atoms with E-state index in [0.29, 0.717) is 12.5 Å². The highest BCUT2D eigenvalue weighted by atomic mass is 32.1. The fourth-order valence-corrected chi connectivity index (χ4v) is 2.13. The van der Waals surface area contributed by atoms with Crippen LogP contribution in [0.4, 0.5) is 5.82 Å². The third kappa shape index (κ3) is 3.13. The number of thiazole rings is 1. The van der Waals surface area contributed by atoms with E-state index >= 15 is 0 Å². The Labute approximate surface area is 104 Å². The lowest BCUT2D eigenvalue weighted by Crippen LogP contribution is -2.03. The van der Waals surface area contributed by atoms with Crippen LogP contribution in [0.2, 0.25) is 0 Å². The minimum absolute atomic E-state index is 0.589. The predicted molar refractivity (Wildman–Crippen MR) is 67.6 cm³/mol. The highest BCUT2D eigenvalue weighted by Crippen LogP contribution is 2.14. The standard InChI is InChI=1S/C11H14N4OS/c1-8-9(17-7-15-8)3-4-16-11-5-10(12-2)13-6-14-11/h5-7H,3-4H2,1-2H3,(H,12,13,14). The average Bonchev–Trinajstić information content (AvgIpc) is 2.76. The molecule has 2 aromatic rings. The van der Waals surface area contributed by atoms with Gasteiger partial charge in [0.1, 0.15) is 12.1 Å².